The highest BCUT2D eigenvalue weighted by molar-refractivity contribution is 7.20. The smallest absolute Gasteiger partial charge is 0.328 e. The van der Waals surface area contributed by atoms with E-state index in [0.717, 1.165) is 33.0 Å². The van der Waals surface area contributed by atoms with E-state index < -0.39 is 5.97 Å². The lowest BCUT2D eigenvalue weighted by atomic mass is 10.1. The average Bonchev–Trinajstić information content (AvgIpc) is 3.22. The Morgan fingerprint density at radius 2 is 2.12 bits per heavy atom. The molecule has 1 aromatic carbocycles. The number of nitrogens with zero attached hydrogens (tertiary/aromatic N) is 4. The van der Waals surface area contributed by atoms with Crippen LogP contribution in [-0.2, 0) is 4.79 Å². The van der Waals surface area contributed by atoms with E-state index in [9.17, 15) is 4.79 Å². The van der Waals surface area contributed by atoms with Gasteiger partial charge in [-0.05, 0) is 24.5 Å². The predicted octanol–water partition coefficient (Wildman–Crippen LogP) is 3.15. The van der Waals surface area contributed by atoms with Crippen LogP contribution in [0.5, 0.6) is 0 Å². The number of imidazole rings is 1. The number of hydrogen-bond acceptors (Lipinski definition) is 5. The largest absolute Gasteiger partial charge is 0.478 e. The maximum atomic E-state index is 10.6. The van der Waals surface area contributed by atoms with Gasteiger partial charge in [-0.3, -0.25) is 0 Å². The van der Waals surface area contributed by atoms with Crippen LogP contribution in [0.15, 0.2) is 36.5 Å². The Kier molecular flexibility index (Phi) is 3.57. The topological polar surface area (TPSA) is 70.7 Å². The van der Waals surface area contributed by atoms with Crippen LogP contribution in [0.3, 0.4) is 0 Å². The second-order valence-electron chi connectivity index (χ2n) is 5.86. The van der Waals surface area contributed by atoms with Crippen LogP contribution in [0.1, 0.15) is 18.4 Å². The first-order valence-electron chi connectivity index (χ1n) is 7.70. The minimum atomic E-state index is -0.952. The number of carboxylic acids is 1. The Morgan fingerprint density at radius 1 is 1.38 bits per heavy atom. The first-order chi connectivity index (χ1) is 11.6. The van der Waals surface area contributed by atoms with Gasteiger partial charge in [0.05, 0.1) is 11.9 Å². The molecule has 2 aromatic heterocycles. The fraction of sp³-hybridized carbons (Fsp3) is 0.235. The predicted molar refractivity (Wildman–Crippen MR) is 94.4 cm³/mol. The summed E-state index contributed by atoms with van der Waals surface area (Å²) in [6.45, 7) is 0. The van der Waals surface area contributed by atoms with Gasteiger partial charge in [-0.1, -0.05) is 35.6 Å². The van der Waals surface area contributed by atoms with Crippen molar-refractivity contribution in [2.75, 3.05) is 11.9 Å². The molecule has 1 fully saturated rings. The van der Waals surface area contributed by atoms with Crippen LogP contribution in [0.2, 0.25) is 0 Å². The van der Waals surface area contributed by atoms with E-state index in [1.54, 1.807) is 17.4 Å². The Hall–Kier alpha value is -2.67. The van der Waals surface area contributed by atoms with Crippen LogP contribution >= 0.6 is 11.3 Å². The zero-order valence-corrected chi connectivity index (χ0v) is 13.9. The average molecular weight is 340 g/mol. The monoisotopic (exact) mass is 340 g/mol. The van der Waals surface area contributed by atoms with Crippen LogP contribution < -0.4 is 4.90 Å². The second-order valence-corrected chi connectivity index (χ2v) is 6.79. The molecule has 0 spiro atoms. The zero-order chi connectivity index (χ0) is 16.7. The number of rotatable bonds is 5. The SMILES string of the molecule is CN(c1nn2c(-c3ccc(/C=C/C(=O)O)cc3)cnc2s1)C1CC1. The van der Waals surface area contributed by atoms with E-state index in [1.165, 1.54) is 12.8 Å². The van der Waals surface area contributed by atoms with Crippen molar-refractivity contribution < 1.29 is 9.90 Å². The third kappa shape index (κ3) is 2.78. The molecule has 7 heteroatoms. The van der Waals surface area contributed by atoms with Gasteiger partial charge in [0.15, 0.2) is 0 Å². The standard InChI is InChI=1S/C17H16N4O2S/c1-20(13-7-8-13)17-19-21-14(10-18-16(21)24-17)12-5-2-11(3-6-12)4-9-15(22)23/h2-6,9-10,13H,7-8H2,1H3,(H,22,23)/b9-4+. The van der Waals surface area contributed by atoms with Crippen LogP contribution in [-0.4, -0.2) is 38.8 Å². The van der Waals surface area contributed by atoms with Crippen molar-refractivity contribution in [2.24, 2.45) is 0 Å². The van der Waals surface area contributed by atoms with Gasteiger partial charge < -0.3 is 10.0 Å². The van der Waals surface area contributed by atoms with E-state index in [0.29, 0.717) is 6.04 Å². The van der Waals surface area contributed by atoms with E-state index in [-0.39, 0.29) is 0 Å². The molecule has 1 saturated carbocycles. The summed E-state index contributed by atoms with van der Waals surface area (Å²) in [5, 5.41) is 14.4. The molecular weight excluding hydrogens is 324 g/mol. The van der Waals surface area contributed by atoms with Crippen molar-refractivity contribution in [3.05, 3.63) is 42.1 Å². The maximum absolute atomic E-state index is 10.6. The van der Waals surface area contributed by atoms with Crippen molar-refractivity contribution in [1.29, 1.82) is 0 Å². The number of carboxylic acid groups (broad SMARTS) is 1. The van der Waals surface area contributed by atoms with Gasteiger partial charge in [0.25, 0.3) is 0 Å². The third-order valence-corrected chi connectivity index (χ3v) is 5.11. The van der Waals surface area contributed by atoms with E-state index >= 15 is 0 Å². The normalized spacial score (nSPS) is 14.5. The Morgan fingerprint density at radius 3 is 2.79 bits per heavy atom. The zero-order valence-electron chi connectivity index (χ0n) is 13.1. The Balaban J connectivity index is 1.64. The van der Waals surface area contributed by atoms with Gasteiger partial charge >= 0.3 is 5.97 Å². The van der Waals surface area contributed by atoms with E-state index in [1.807, 2.05) is 35.0 Å². The molecule has 0 atom stereocenters. The minimum absolute atomic E-state index is 0.615. The summed E-state index contributed by atoms with van der Waals surface area (Å²) in [4.78, 5) is 18.1. The second kappa shape index (κ2) is 5.76. The van der Waals surface area contributed by atoms with Crippen LogP contribution in [0, 0.1) is 0 Å². The quantitative estimate of drug-likeness (QED) is 0.723. The van der Waals surface area contributed by atoms with Gasteiger partial charge in [0.1, 0.15) is 0 Å². The molecule has 0 aliphatic heterocycles. The summed E-state index contributed by atoms with van der Waals surface area (Å²) in [5.74, 6) is -0.952. The van der Waals surface area contributed by atoms with Gasteiger partial charge in [0, 0.05) is 24.7 Å². The van der Waals surface area contributed by atoms with Crippen molar-refractivity contribution in [3.8, 4) is 11.3 Å². The molecule has 0 radical (unpaired) electrons. The summed E-state index contributed by atoms with van der Waals surface area (Å²) in [7, 11) is 2.08. The molecule has 0 bridgehead atoms. The van der Waals surface area contributed by atoms with Crippen molar-refractivity contribution in [3.63, 3.8) is 0 Å². The highest BCUT2D eigenvalue weighted by Crippen LogP contribution is 2.34. The summed E-state index contributed by atoms with van der Waals surface area (Å²) >= 11 is 1.59. The number of hydrogen-bond donors (Lipinski definition) is 1. The van der Waals surface area contributed by atoms with Gasteiger partial charge in [0.2, 0.25) is 10.1 Å². The molecule has 1 aliphatic rings. The van der Waals surface area contributed by atoms with Gasteiger partial charge in [-0.15, -0.1) is 5.10 Å². The lowest BCUT2D eigenvalue weighted by Crippen LogP contribution is -2.19. The summed E-state index contributed by atoms with van der Waals surface area (Å²) in [6, 6.07) is 8.29. The Labute approximate surface area is 142 Å². The molecule has 0 saturated heterocycles. The summed E-state index contributed by atoms with van der Waals surface area (Å²) < 4.78 is 1.88. The number of carbonyl (C=O) groups is 1. The molecule has 6 nitrogen and oxygen atoms in total. The number of aromatic nitrogens is 3. The molecule has 0 amide bonds. The third-order valence-electron chi connectivity index (χ3n) is 4.10. The summed E-state index contributed by atoms with van der Waals surface area (Å²) in [5.41, 5.74) is 2.78. The minimum Gasteiger partial charge on any atom is -0.478 e. The van der Waals surface area contributed by atoms with Gasteiger partial charge in [-0.2, -0.15) is 0 Å². The van der Waals surface area contributed by atoms with Crippen molar-refractivity contribution in [1.82, 2.24) is 14.6 Å². The fourth-order valence-electron chi connectivity index (χ4n) is 2.57. The number of fused-ring (bicyclic) bond motifs is 1. The fourth-order valence-corrected chi connectivity index (χ4v) is 3.48. The van der Waals surface area contributed by atoms with Crippen LogP contribution in [0.25, 0.3) is 22.3 Å². The maximum Gasteiger partial charge on any atom is 0.328 e. The molecule has 2 heterocycles. The van der Waals surface area contributed by atoms with Crippen molar-refractivity contribution in [2.45, 2.75) is 18.9 Å². The van der Waals surface area contributed by atoms with E-state index in [4.69, 9.17) is 10.2 Å². The molecule has 24 heavy (non-hydrogen) atoms. The van der Waals surface area contributed by atoms with Gasteiger partial charge in [-0.25, -0.2) is 14.3 Å². The molecular formula is C17H16N4O2S. The van der Waals surface area contributed by atoms with E-state index in [2.05, 4.69) is 16.9 Å². The first-order valence-corrected chi connectivity index (χ1v) is 8.52. The lowest BCUT2D eigenvalue weighted by Gasteiger charge is -2.12. The lowest BCUT2D eigenvalue weighted by molar-refractivity contribution is -0.131. The summed E-state index contributed by atoms with van der Waals surface area (Å²) in [6.07, 6.45) is 6.99. The number of aliphatic carboxylic acids is 1. The molecule has 3 aromatic rings. The number of anilines is 1. The number of benzene rings is 1. The van der Waals surface area contributed by atoms with Crippen LogP contribution in [0.4, 0.5) is 5.13 Å². The highest BCUT2D eigenvalue weighted by Gasteiger charge is 2.28. The van der Waals surface area contributed by atoms with Crippen molar-refractivity contribution >= 4 is 33.5 Å². The molecule has 1 N–H and O–H groups in total. The molecule has 1 aliphatic carbocycles. The molecule has 4 rings (SSSR count). The Bertz CT molecular complexity index is 922. The molecule has 122 valence electrons. The highest BCUT2D eigenvalue weighted by atomic mass is 32.1. The molecule has 0 unspecified atom stereocenters. The first kappa shape index (κ1) is 14.9.